The van der Waals surface area contributed by atoms with Gasteiger partial charge in [-0.1, -0.05) is 40.2 Å². The van der Waals surface area contributed by atoms with E-state index in [2.05, 4.69) is 41.2 Å². The number of hydrogen-bond donors (Lipinski definition) is 2. The van der Waals surface area contributed by atoms with Crippen LogP contribution in [-0.4, -0.2) is 61.6 Å². The third-order valence-electron chi connectivity index (χ3n) is 6.07. The normalized spacial score (nSPS) is 14.5. The zero-order chi connectivity index (χ0) is 28.9. The van der Waals surface area contributed by atoms with Crippen LogP contribution in [0.3, 0.4) is 0 Å². The minimum absolute atomic E-state index is 0. The second kappa shape index (κ2) is 24.8. The summed E-state index contributed by atoms with van der Waals surface area (Å²) < 4.78 is 24.5. The molecule has 0 aliphatic carbocycles. The minimum Gasteiger partial charge on any atom is -0.857 e. The van der Waals surface area contributed by atoms with Crippen molar-refractivity contribution in [2.24, 2.45) is 0 Å². The molecule has 0 saturated carbocycles. The summed E-state index contributed by atoms with van der Waals surface area (Å²) in [6.45, 7) is 13.6. The number of halogens is 1. The van der Waals surface area contributed by atoms with Crippen LogP contribution >= 0.6 is 0 Å². The molecule has 0 radical (unpaired) electrons. The fraction of sp³-hybridized carbons (Fsp3) is 0.645. The smallest absolute Gasteiger partial charge is 0.857 e. The first-order chi connectivity index (χ1) is 19.1. The molecule has 0 unspecified atom stereocenters. The molecule has 1 saturated heterocycles. The minimum atomic E-state index is -0.247. The second-order valence-electron chi connectivity index (χ2n) is 9.30. The van der Waals surface area contributed by atoms with E-state index in [4.69, 9.17) is 19.7 Å². The Morgan fingerprint density at radius 3 is 2.38 bits per heavy atom. The Balaban J connectivity index is 0.000000613. The van der Waals surface area contributed by atoms with Crippen molar-refractivity contribution in [2.75, 3.05) is 51.9 Å². The monoisotopic (exact) mass is 587 g/mol. The van der Waals surface area contributed by atoms with E-state index in [1.54, 1.807) is 6.07 Å². The molecule has 1 fully saturated rings. The average molecular weight is 588 g/mol. The van der Waals surface area contributed by atoms with Gasteiger partial charge in [0.15, 0.2) is 11.5 Å². The maximum Gasteiger partial charge on any atom is 1.00 e. The fourth-order valence-electron chi connectivity index (χ4n) is 4.41. The van der Waals surface area contributed by atoms with Crippen LogP contribution in [0.2, 0.25) is 0 Å². The van der Waals surface area contributed by atoms with Crippen molar-refractivity contribution in [3.63, 3.8) is 0 Å². The number of aromatic nitrogens is 1. The number of aliphatic hydroxyl groups excluding tert-OH is 1. The number of ether oxygens (including phenoxy) is 2. The van der Waals surface area contributed by atoms with E-state index < -0.39 is 0 Å². The molecule has 4 heterocycles. The Hall–Kier alpha value is -0.784. The van der Waals surface area contributed by atoms with Crippen LogP contribution in [0.1, 0.15) is 83.0 Å². The molecular weight excluding hydrogens is 536 g/mol. The van der Waals surface area contributed by atoms with E-state index in [1.807, 2.05) is 13.8 Å². The molecule has 1 aromatic heterocycles. The molecule has 2 N–H and O–H groups in total. The first-order valence-electron chi connectivity index (χ1n) is 14.7. The summed E-state index contributed by atoms with van der Waals surface area (Å²) in [4.78, 5) is 6.92. The van der Waals surface area contributed by atoms with Gasteiger partial charge in [-0.3, -0.25) is 4.90 Å². The maximum absolute atomic E-state index is 13.5. The van der Waals surface area contributed by atoms with Crippen LogP contribution in [0, 0.1) is 5.82 Å². The Labute approximate surface area is 284 Å². The van der Waals surface area contributed by atoms with Gasteiger partial charge >= 0.3 is 51.4 Å². The Kier molecular flexibility index (Phi) is 24.3. The zero-order valence-corrected chi connectivity index (χ0v) is 29.0. The van der Waals surface area contributed by atoms with E-state index >= 15 is 0 Å². The molecule has 3 aliphatic rings. The summed E-state index contributed by atoms with van der Waals surface area (Å²) in [5.74, 6) is 2.10. The van der Waals surface area contributed by atoms with Crippen molar-refractivity contribution < 1.29 is 75.5 Å². The number of benzene rings is 1. The molecule has 5 rings (SSSR count). The molecule has 40 heavy (non-hydrogen) atoms. The summed E-state index contributed by atoms with van der Waals surface area (Å²) in [7, 11) is 0.750. The molecular formula is C31H51FKN3O4. The summed E-state index contributed by atoms with van der Waals surface area (Å²) in [6.07, 6.45) is 8.92. The van der Waals surface area contributed by atoms with Crippen LogP contribution < -0.4 is 71.3 Å². The molecule has 0 spiro atoms. The number of anilines is 1. The molecule has 222 valence electrons. The number of aliphatic hydroxyl groups is 1. The van der Waals surface area contributed by atoms with Gasteiger partial charge in [0.25, 0.3) is 0 Å². The summed E-state index contributed by atoms with van der Waals surface area (Å²) in [5, 5.41) is 20.3. The number of nitrogens with one attached hydrogen (secondary N) is 1. The first kappa shape index (κ1) is 39.2. The summed E-state index contributed by atoms with van der Waals surface area (Å²) >= 11 is 0. The molecule has 0 amide bonds. The molecule has 3 aliphatic heterocycles. The molecule has 0 bridgehead atoms. The van der Waals surface area contributed by atoms with E-state index in [0.29, 0.717) is 19.0 Å². The number of pyridine rings is 1. The topological polar surface area (TPSA) is 89.9 Å². The number of rotatable bonds is 6. The Morgan fingerprint density at radius 1 is 1.02 bits per heavy atom. The van der Waals surface area contributed by atoms with E-state index in [9.17, 15) is 4.39 Å². The average Bonchev–Trinajstić information content (AvgIpc) is 3.49. The van der Waals surface area contributed by atoms with Crippen molar-refractivity contribution in [1.29, 1.82) is 0 Å². The third kappa shape index (κ3) is 14.4. The van der Waals surface area contributed by atoms with Crippen LogP contribution in [0.25, 0.3) is 0 Å². The van der Waals surface area contributed by atoms with Gasteiger partial charge in [-0.15, -0.1) is 0 Å². The van der Waals surface area contributed by atoms with Gasteiger partial charge in [-0.05, 0) is 75.7 Å². The van der Waals surface area contributed by atoms with Crippen molar-refractivity contribution >= 4 is 5.82 Å². The predicted octanol–water partition coefficient (Wildman–Crippen LogP) is 2.37. The van der Waals surface area contributed by atoms with Gasteiger partial charge in [0.1, 0.15) is 24.8 Å². The number of hydrogen-bond acceptors (Lipinski definition) is 7. The Morgan fingerprint density at radius 2 is 1.70 bits per heavy atom. The quantitative estimate of drug-likeness (QED) is 0.396. The number of nitrogens with zero attached hydrogens (tertiary/aromatic N) is 2. The summed E-state index contributed by atoms with van der Waals surface area (Å²) in [6, 6.07) is 7.26. The third-order valence-corrected chi connectivity index (χ3v) is 6.07. The van der Waals surface area contributed by atoms with Gasteiger partial charge in [-0.25, -0.2) is 9.37 Å². The zero-order valence-electron chi connectivity index (χ0n) is 25.9. The maximum atomic E-state index is 13.5. The summed E-state index contributed by atoms with van der Waals surface area (Å²) in [5.41, 5.74) is 3.38. The van der Waals surface area contributed by atoms with E-state index in [0.717, 1.165) is 81.8 Å². The van der Waals surface area contributed by atoms with Gasteiger partial charge in [-0.2, -0.15) is 7.11 Å². The standard InChI is InChI=1S/C13H16FNO2.C12H18N2O.C3H8.C2H6.CH3O.K/c14-11-7-10(9-15-3-1-2-4-15)13-12(8-11)16-5-6-17-13;15-9-2-1-5-11-7-6-10-4-3-8-13-12(10)14-11;1-3-2;2*1-2;/h7-8H,1-6,9H2;6-7,15H,1-5,8-9H2,(H,13,14);3H2,1-2H3;1-2H3;1H3;/q;;;;-1;+1. The van der Waals surface area contributed by atoms with E-state index in [1.165, 1.54) is 37.3 Å². The molecule has 1 aromatic carbocycles. The SMILES string of the molecule is CC.CCC.C[O-].Fc1cc(CN2CCCC2)c2c(c1)OCCO2.OCCCCc1ccc2c(n1)NCCC2.[K+]. The number of aryl methyl sites for hydroxylation is 2. The van der Waals surface area contributed by atoms with E-state index in [-0.39, 0.29) is 63.8 Å². The first-order valence-corrected chi connectivity index (χ1v) is 14.7. The number of fused-ring (bicyclic) bond motifs is 2. The van der Waals surface area contributed by atoms with Crippen molar-refractivity contribution in [1.82, 2.24) is 9.88 Å². The van der Waals surface area contributed by atoms with Gasteiger partial charge < -0.3 is 25.0 Å². The molecule has 9 heteroatoms. The Bertz CT molecular complexity index is 914. The van der Waals surface area contributed by atoms with Gasteiger partial charge in [0.2, 0.25) is 0 Å². The molecule has 2 aromatic rings. The van der Waals surface area contributed by atoms with Gasteiger partial charge in [0, 0.05) is 37.0 Å². The van der Waals surface area contributed by atoms with Crippen LogP contribution in [-0.2, 0) is 19.4 Å². The number of unbranched alkanes of at least 4 members (excludes halogenated alkanes) is 1. The van der Waals surface area contributed by atoms with Crippen LogP contribution in [0.15, 0.2) is 24.3 Å². The van der Waals surface area contributed by atoms with Gasteiger partial charge in [0.05, 0.1) is 0 Å². The number of likely N-dealkylation sites (tertiary alicyclic amines) is 1. The van der Waals surface area contributed by atoms with Crippen LogP contribution in [0.5, 0.6) is 11.5 Å². The molecule has 0 atom stereocenters. The van der Waals surface area contributed by atoms with Crippen molar-refractivity contribution in [2.45, 2.75) is 85.6 Å². The van der Waals surface area contributed by atoms with Crippen molar-refractivity contribution in [3.05, 3.63) is 46.9 Å². The fourth-order valence-corrected chi connectivity index (χ4v) is 4.41. The van der Waals surface area contributed by atoms with Crippen LogP contribution in [0.4, 0.5) is 10.2 Å². The van der Waals surface area contributed by atoms with Crippen molar-refractivity contribution in [3.8, 4) is 11.5 Å². The molecule has 7 nitrogen and oxygen atoms in total. The second-order valence-corrected chi connectivity index (χ2v) is 9.30. The largest absolute Gasteiger partial charge is 1.00 e. The predicted molar refractivity (Wildman–Crippen MR) is 156 cm³/mol.